The standard InChI is InChI=1S/C7H5ClF2O/c8-11-4-5-1-2-6(9)7(10)3-5/h1-3H,4H2. The Hall–Kier alpha value is -0.670. The molecule has 0 bridgehead atoms. The first-order valence-corrected chi connectivity index (χ1v) is 3.22. The van der Waals surface area contributed by atoms with Crippen LogP contribution in [-0.4, -0.2) is 0 Å². The van der Waals surface area contributed by atoms with Gasteiger partial charge in [-0.3, -0.25) is 4.29 Å². The predicted molar refractivity (Wildman–Crippen MR) is 37.0 cm³/mol. The molecule has 0 amide bonds. The van der Waals surface area contributed by atoms with Crippen molar-refractivity contribution in [2.45, 2.75) is 6.61 Å². The van der Waals surface area contributed by atoms with Gasteiger partial charge < -0.3 is 0 Å². The fourth-order valence-electron chi connectivity index (χ4n) is 0.692. The summed E-state index contributed by atoms with van der Waals surface area (Å²) in [5.74, 6) is -1.76. The van der Waals surface area contributed by atoms with Crippen LogP contribution in [0.2, 0.25) is 0 Å². The number of rotatable bonds is 2. The molecule has 4 heteroatoms. The van der Waals surface area contributed by atoms with Crippen molar-refractivity contribution in [1.82, 2.24) is 0 Å². The molecule has 60 valence electrons. The zero-order valence-electron chi connectivity index (χ0n) is 5.48. The van der Waals surface area contributed by atoms with Gasteiger partial charge >= 0.3 is 0 Å². The van der Waals surface area contributed by atoms with Crippen LogP contribution < -0.4 is 0 Å². The highest BCUT2D eigenvalue weighted by Crippen LogP contribution is 2.09. The fourth-order valence-corrected chi connectivity index (χ4v) is 0.818. The molecule has 1 aromatic rings. The van der Waals surface area contributed by atoms with E-state index in [9.17, 15) is 8.78 Å². The molecular formula is C7H5ClF2O. The third kappa shape index (κ3) is 2.13. The molecule has 0 radical (unpaired) electrons. The summed E-state index contributed by atoms with van der Waals surface area (Å²) in [6, 6.07) is 3.47. The Balaban J connectivity index is 2.86. The van der Waals surface area contributed by atoms with E-state index in [2.05, 4.69) is 4.29 Å². The molecule has 0 heterocycles. The number of benzene rings is 1. The molecule has 0 saturated heterocycles. The summed E-state index contributed by atoms with van der Waals surface area (Å²) < 4.78 is 28.9. The van der Waals surface area contributed by atoms with E-state index >= 15 is 0 Å². The van der Waals surface area contributed by atoms with Crippen LogP contribution in [0.4, 0.5) is 8.78 Å². The van der Waals surface area contributed by atoms with Gasteiger partial charge in [-0.25, -0.2) is 8.78 Å². The second-order valence-corrected chi connectivity index (χ2v) is 2.22. The molecule has 0 unspecified atom stereocenters. The number of halogens is 3. The molecule has 1 rings (SSSR count). The van der Waals surface area contributed by atoms with Crippen LogP contribution >= 0.6 is 11.9 Å². The minimum absolute atomic E-state index is 0.0682. The molecule has 0 N–H and O–H groups in total. The average Bonchev–Trinajstić information content (AvgIpc) is 1.98. The lowest BCUT2D eigenvalue weighted by molar-refractivity contribution is 0.339. The smallest absolute Gasteiger partial charge is 0.159 e. The summed E-state index contributed by atoms with van der Waals surface area (Å²) in [4.78, 5) is 0. The molecule has 0 aliphatic rings. The highest BCUT2D eigenvalue weighted by Gasteiger charge is 2.01. The lowest BCUT2D eigenvalue weighted by atomic mass is 10.2. The van der Waals surface area contributed by atoms with Gasteiger partial charge in [0.25, 0.3) is 0 Å². The largest absolute Gasteiger partial charge is 0.274 e. The minimum Gasteiger partial charge on any atom is -0.274 e. The van der Waals surface area contributed by atoms with E-state index in [0.717, 1.165) is 12.1 Å². The van der Waals surface area contributed by atoms with E-state index in [1.807, 2.05) is 0 Å². The first-order chi connectivity index (χ1) is 5.24. The molecule has 0 atom stereocenters. The maximum atomic E-state index is 12.4. The van der Waals surface area contributed by atoms with Crippen molar-refractivity contribution >= 4 is 11.9 Å². The minimum atomic E-state index is -0.892. The van der Waals surface area contributed by atoms with Gasteiger partial charge in [-0.1, -0.05) is 6.07 Å². The SMILES string of the molecule is Fc1ccc(COCl)cc1F. The molecule has 0 aliphatic heterocycles. The Labute approximate surface area is 67.7 Å². The van der Waals surface area contributed by atoms with E-state index in [4.69, 9.17) is 11.9 Å². The normalized spacial score (nSPS) is 10.1. The molecular weight excluding hydrogens is 174 g/mol. The Kier molecular flexibility index (Phi) is 2.79. The molecule has 0 aromatic heterocycles. The first kappa shape index (κ1) is 8.43. The molecule has 11 heavy (non-hydrogen) atoms. The Morgan fingerprint density at radius 1 is 1.27 bits per heavy atom. The van der Waals surface area contributed by atoms with E-state index < -0.39 is 11.6 Å². The summed E-state index contributed by atoms with van der Waals surface area (Å²) in [6.07, 6.45) is 0. The maximum absolute atomic E-state index is 12.4. The lowest BCUT2D eigenvalue weighted by Crippen LogP contribution is -1.88. The van der Waals surface area contributed by atoms with Crippen molar-refractivity contribution < 1.29 is 13.1 Å². The summed E-state index contributed by atoms with van der Waals surface area (Å²) in [6.45, 7) is 0.0682. The first-order valence-electron chi connectivity index (χ1n) is 2.91. The van der Waals surface area contributed by atoms with Gasteiger partial charge in [0.05, 0.1) is 18.5 Å². The van der Waals surface area contributed by atoms with E-state index in [-0.39, 0.29) is 6.61 Å². The molecule has 0 saturated carbocycles. The van der Waals surface area contributed by atoms with Crippen molar-refractivity contribution in [3.63, 3.8) is 0 Å². The number of hydrogen-bond donors (Lipinski definition) is 0. The van der Waals surface area contributed by atoms with Gasteiger partial charge in [0, 0.05) is 0 Å². The quantitative estimate of drug-likeness (QED) is 0.677. The highest BCUT2D eigenvalue weighted by molar-refractivity contribution is 6.07. The van der Waals surface area contributed by atoms with E-state index in [1.165, 1.54) is 6.07 Å². The summed E-state index contributed by atoms with van der Waals surface area (Å²) in [5.41, 5.74) is 0.499. The molecule has 1 nitrogen and oxygen atoms in total. The second kappa shape index (κ2) is 3.64. The highest BCUT2D eigenvalue weighted by atomic mass is 35.5. The van der Waals surface area contributed by atoms with Crippen LogP contribution in [0.25, 0.3) is 0 Å². The third-order valence-corrected chi connectivity index (χ3v) is 1.31. The van der Waals surface area contributed by atoms with Crippen molar-refractivity contribution in [3.05, 3.63) is 35.4 Å². The predicted octanol–water partition coefficient (Wildman–Crippen LogP) is 2.64. The molecule has 0 fully saturated rings. The summed E-state index contributed by atoms with van der Waals surface area (Å²) >= 11 is 4.91. The zero-order valence-corrected chi connectivity index (χ0v) is 6.24. The van der Waals surface area contributed by atoms with Crippen molar-refractivity contribution in [2.24, 2.45) is 0 Å². The topological polar surface area (TPSA) is 9.23 Å². The van der Waals surface area contributed by atoms with Gasteiger partial charge in [0.2, 0.25) is 0 Å². The fraction of sp³-hybridized carbons (Fsp3) is 0.143. The van der Waals surface area contributed by atoms with Crippen LogP contribution in [0.15, 0.2) is 18.2 Å². The molecule has 0 aliphatic carbocycles. The van der Waals surface area contributed by atoms with Crippen molar-refractivity contribution in [2.75, 3.05) is 0 Å². The van der Waals surface area contributed by atoms with Gasteiger partial charge in [-0.15, -0.1) is 0 Å². The van der Waals surface area contributed by atoms with Gasteiger partial charge in [0.15, 0.2) is 11.6 Å². The average molecular weight is 179 g/mol. The zero-order chi connectivity index (χ0) is 8.27. The van der Waals surface area contributed by atoms with Crippen LogP contribution in [0.3, 0.4) is 0 Å². The third-order valence-electron chi connectivity index (χ3n) is 1.21. The Morgan fingerprint density at radius 2 is 2.00 bits per heavy atom. The monoisotopic (exact) mass is 178 g/mol. The van der Waals surface area contributed by atoms with Gasteiger partial charge in [-0.2, -0.15) is 0 Å². The van der Waals surface area contributed by atoms with Gasteiger partial charge in [0.1, 0.15) is 0 Å². The van der Waals surface area contributed by atoms with Gasteiger partial charge in [-0.05, 0) is 17.7 Å². The molecule has 0 spiro atoms. The van der Waals surface area contributed by atoms with Crippen LogP contribution in [0.1, 0.15) is 5.56 Å². The van der Waals surface area contributed by atoms with Crippen molar-refractivity contribution in [3.8, 4) is 0 Å². The summed E-state index contributed by atoms with van der Waals surface area (Å²) in [5, 5.41) is 0. The Bertz CT molecular complexity index is 252. The van der Waals surface area contributed by atoms with E-state index in [0.29, 0.717) is 5.56 Å². The number of hydrogen-bond acceptors (Lipinski definition) is 1. The van der Waals surface area contributed by atoms with E-state index in [1.54, 1.807) is 0 Å². The van der Waals surface area contributed by atoms with Crippen molar-refractivity contribution in [1.29, 1.82) is 0 Å². The second-order valence-electron chi connectivity index (χ2n) is 2.00. The van der Waals surface area contributed by atoms with Crippen LogP contribution in [0.5, 0.6) is 0 Å². The summed E-state index contributed by atoms with van der Waals surface area (Å²) in [7, 11) is 0. The maximum Gasteiger partial charge on any atom is 0.159 e. The lowest BCUT2D eigenvalue weighted by Gasteiger charge is -1.97. The van der Waals surface area contributed by atoms with Crippen LogP contribution in [-0.2, 0) is 10.9 Å². The van der Waals surface area contributed by atoms with Crippen LogP contribution in [0, 0.1) is 11.6 Å². The Morgan fingerprint density at radius 3 is 2.55 bits per heavy atom. The molecule has 1 aromatic carbocycles.